The highest BCUT2D eigenvalue weighted by atomic mass is 32.2. The predicted molar refractivity (Wildman–Crippen MR) is 114 cm³/mol. The maximum Gasteiger partial charge on any atom is 0.271 e. The van der Waals surface area contributed by atoms with Crippen LogP contribution >= 0.6 is 11.8 Å². The van der Waals surface area contributed by atoms with Gasteiger partial charge in [-0.15, -0.1) is 5.10 Å². The van der Waals surface area contributed by atoms with Crippen molar-refractivity contribution in [3.8, 4) is 5.75 Å². The second-order valence-electron chi connectivity index (χ2n) is 6.92. The molecule has 9 heteroatoms. The van der Waals surface area contributed by atoms with Crippen molar-refractivity contribution in [3.05, 3.63) is 59.7 Å². The van der Waals surface area contributed by atoms with E-state index in [-0.39, 0.29) is 17.0 Å². The van der Waals surface area contributed by atoms with Gasteiger partial charge in [0.05, 0.1) is 19.3 Å². The first-order valence-corrected chi connectivity index (χ1v) is 10.1. The summed E-state index contributed by atoms with van der Waals surface area (Å²) < 4.78 is 5.37. The number of nitrogens with zero attached hydrogens (tertiary/aromatic N) is 3. The van der Waals surface area contributed by atoms with Crippen molar-refractivity contribution in [2.45, 2.75) is 25.3 Å². The minimum absolute atomic E-state index is 0.196. The van der Waals surface area contributed by atoms with Gasteiger partial charge in [-0.25, -0.2) is 0 Å². The van der Waals surface area contributed by atoms with E-state index in [0.29, 0.717) is 23.5 Å². The van der Waals surface area contributed by atoms with Crippen LogP contribution in [0.4, 0.5) is 5.69 Å². The third-order valence-electron chi connectivity index (χ3n) is 4.89. The number of carbonyl (C=O) groups excluding carboxylic acids is 3. The number of hydrogen-bond acceptors (Lipinski definition) is 6. The Morgan fingerprint density at radius 2 is 1.90 bits per heavy atom. The molecule has 0 radical (unpaired) electrons. The number of ether oxygens (including phenoxy) is 1. The van der Waals surface area contributed by atoms with Gasteiger partial charge in [-0.2, -0.15) is 5.01 Å². The summed E-state index contributed by atoms with van der Waals surface area (Å²) in [5.41, 5.74) is 2.21. The molecule has 1 spiro atoms. The predicted octanol–water partition coefficient (Wildman–Crippen LogP) is 2.40. The molecule has 2 heterocycles. The molecule has 8 nitrogen and oxygen atoms in total. The SMILES string of the molecule is COc1ccc2c(c1)[C@@]1(SC(NC(C)=O)=NN1C(C)=O)C(=O)N2Cc1ccccc1. The van der Waals surface area contributed by atoms with Crippen LogP contribution in [0.25, 0.3) is 0 Å². The molecule has 0 saturated heterocycles. The van der Waals surface area contributed by atoms with Crippen LogP contribution in [0.5, 0.6) is 5.75 Å². The molecule has 30 heavy (non-hydrogen) atoms. The van der Waals surface area contributed by atoms with Crippen molar-refractivity contribution in [3.63, 3.8) is 0 Å². The molecular formula is C21H20N4O4S. The zero-order valence-corrected chi connectivity index (χ0v) is 17.5. The van der Waals surface area contributed by atoms with Gasteiger partial charge in [0.15, 0.2) is 5.17 Å². The summed E-state index contributed by atoms with van der Waals surface area (Å²) >= 11 is 1.05. The van der Waals surface area contributed by atoms with Gasteiger partial charge in [0.1, 0.15) is 5.75 Å². The summed E-state index contributed by atoms with van der Waals surface area (Å²) in [5.74, 6) is -0.496. The van der Waals surface area contributed by atoms with Crippen LogP contribution in [0.15, 0.2) is 53.6 Å². The molecule has 0 bridgehead atoms. The van der Waals surface area contributed by atoms with Gasteiger partial charge < -0.3 is 15.0 Å². The molecular weight excluding hydrogens is 404 g/mol. The molecule has 1 atom stereocenters. The van der Waals surface area contributed by atoms with Gasteiger partial charge in [-0.3, -0.25) is 14.4 Å². The number of rotatable bonds is 3. The lowest BCUT2D eigenvalue weighted by Gasteiger charge is -2.29. The number of benzene rings is 2. The van der Waals surface area contributed by atoms with E-state index in [4.69, 9.17) is 4.74 Å². The molecule has 0 aromatic heterocycles. The summed E-state index contributed by atoms with van der Waals surface area (Å²) in [4.78, 5) is 38.1. The van der Waals surface area contributed by atoms with Gasteiger partial charge in [0.25, 0.3) is 5.91 Å². The maximum atomic E-state index is 13.8. The van der Waals surface area contributed by atoms with Gasteiger partial charge in [-0.05, 0) is 35.5 Å². The average Bonchev–Trinajstić information content (AvgIpc) is 3.20. The molecule has 4 rings (SSSR count). The summed E-state index contributed by atoms with van der Waals surface area (Å²) in [6, 6.07) is 14.9. The number of hydrogen-bond donors (Lipinski definition) is 1. The maximum absolute atomic E-state index is 13.8. The fraction of sp³-hybridized carbons (Fsp3) is 0.238. The van der Waals surface area contributed by atoms with Gasteiger partial charge in [0, 0.05) is 19.4 Å². The molecule has 0 aliphatic carbocycles. The van der Waals surface area contributed by atoms with Crippen LogP contribution in [0, 0.1) is 0 Å². The van der Waals surface area contributed by atoms with Crippen molar-refractivity contribution in [1.82, 2.24) is 10.3 Å². The quantitative estimate of drug-likeness (QED) is 0.817. The molecule has 0 saturated carbocycles. The number of amidine groups is 1. The van der Waals surface area contributed by atoms with E-state index < -0.39 is 10.8 Å². The summed E-state index contributed by atoms with van der Waals surface area (Å²) in [7, 11) is 1.54. The van der Waals surface area contributed by atoms with Crippen molar-refractivity contribution in [1.29, 1.82) is 0 Å². The highest BCUT2D eigenvalue weighted by molar-refractivity contribution is 8.15. The van der Waals surface area contributed by atoms with Gasteiger partial charge in [0.2, 0.25) is 16.7 Å². The van der Waals surface area contributed by atoms with E-state index in [1.807, 2.05) is 30.3 Å². The Morgan fingerprint density at radius 3 is 2.53 bits per heavy atom. The number of carbonyl (C=O) groups is 3. The smallest absolute Gasteiger partial charge is 0.271 e. The van der Waals surface area contributed by atoms with Crippen molar-refractivity contribution < 1.29 is 19.1 Å². The minimum Gasteiger partial charge on any atom is -0.497 e. The second-order valence-corrected chi connectivity index (χ2v) is 8.10. The third-order valence-corrected chi connectivity index (χ3v) is 6.13. The number of amides is 3. The molecule has 2 aromatic rings. The standard InChI is InChI=1S/C21H20N4O4S/c1-13(26)22-20-23-25(14(2)27)21(30-20)17-11-16(29-3)9-10-18(17)24(19(21)28)12-15-7-5-4-6-8-15/h4-11H,12H2,1-3H3,(H,22,23,26)/t21-/m1/s1. The summed E-state index contributed by atoms with van der Waals surface area (Å²) in [6.45, 7) is 3.03. The highest BCUT2D eigenvalue weighted by Crippen LogP contribution is 2.55. The van der Waals surface area contributed by atoms with E-state index in [0.717, 1.165) is 22.3 Å². The topological polar surface area (TPSA) is 91.3 Å². The van der Waals surface area contributed by atoms with Crippen molar-refractivity contribution >= 4 is 40.3 Å². The molecule has 2 aliphatic heterocycles. The van der Waals surface area contributed by atoms with E-state index in [2.05, 4.69) is 10.4 Å². The molecule has 1 N–H and O–H groups in total. The highest BCUT2D eigenvalue weighted by Gasteiger charge is 2.61. The van der Waals surface area contributed by atoms with E-state index >= 15 is 0 Å². The van der Waals surface area contributed by atoms with Crippen LogP contribution in [0.2, 0.25) is 0 Å². The van der Waals surface area contributed by atoms with Crippen molar-refractivity contribution in [2.75, 3.05) is 12.0 Å². The fourth-order valence-corrected chi connectivity index (χ4v) is 4.96. The first kappa shape index (κ1) is 20.0. The number of anilines is 1. The molecule has 2 aromatic carbocycles. The summed E-state index contributed by atoms with van der Waals surface area (Å²) in [6.07, 6.45) is 0. The summed E-state index contributed by atoms with van der Waals surface area (Å²) in [5, 5.41) is 8.20. The first-order chi connectivity index (χ1) is 14.4. The van der Waals surface area contributed by atoms with Crippen LogP contribution < -0.4 is 15.0 Å². The second kappa shape index (κ2) is 7.49. The van der Waals surface area contributed by atoms with Crippen LogP contribution in [-0.4, -0.2) is 35.0 Å². The van der Waals surface area contributed by atoms with Gasteiger partial charge >= 0.3 is 0 Å². The number of methoxy groups -OCH3 is 1. The molecule has 0 unspecified atom stereocenters. The van der Waals surface area contributed by atoms with Crippen LogP contribution in [0.1, 0.15) is 25.0 Å². The molecule has 0 fully saturated rings. The van der Waals surface area contributed by atoms with E-state index in [1.54, 1.807) is 23.1 Å². The van der Waals surface area contributed by atoms with E-state index in [1.165, 1.54) is 21.0 Å². The Hall–Kier alpha value is -3.33. The first-order valence-electron chi connectivity index (χ1n) is 9.27. The Kier molecular flexibility index (Phi) is 4.98. The monoisotopic (exact) mass is 424 g/mol. The molecule has 3 amide bonds. The average molecular weight is 424 g/mol. The minimum atomic E-state index is -1.44. The normalized spacial score (nSPS) is 19.7. The lowest BCUT2D eigenvalue weighted by Crippen LogP contribution is -2.48. The fourth-order valence-electron chi connectivity index (χ4n) is 3.64. The Bertz CT molecular complexity index is 1070. The molecule has 2 aliphatic rings. The number of hydrazone groups is 1. The lowest BCUT2D eigenvalue weighted by molar-refractivity contribution is -0.139. The van der Waals surface area contributed by atoms with Crippen LogP contribution in [0.3, 0.4) is 0 Å². The Balaban J connectivity index is 1.85. The van der Waals surface area contributed by atoms with Gasteiger partial charge in [-0.1, -0.05) is 30.3 Å². The third kappa shape index (κ3) is 3.11. The van der Waals surface area contributed by atoms with Crippen LogP contribution in [-0.2, 0) is 25.8 Å². The van der Waals surface area contributed by atoms with E-state index in [9.17, 15) is 14.4 Å². The zero-order valence-electron chi connectivity index (χ0n) is 16.7. The lowest BCUT2D eigenvalue weighted by atomic mass is 10.1. The number of fused-ring (bicyclic) bond motifs is 2. The molecule has 154 valence electrons. The largest absolute Gasteiger partial charge is 0.497 e. The Morgan fingerprint density at radius 1 is 1.17 bits per heavy atom. The Labute approximate surface area is 177 Å². The van der Waals surface area contributed by atoms with Crippen molar-refractivity contribution in [2.24, 2.45) is 5.10 Å². The number of thioether (sulfide) groups is 1. The zero-order chi connectivity index (χ0) is 21.5. The number of nitrogens with one attached hydrogen (secondary N) is 1.